The van der Waals surface area contributed by atoms with Gasteiger partial charge in [0.1, 0.15) is 13.2 Å². The molecule has 0 heterocycles. The molecule has 0 aliphatic heterocycles. The van der Waals surface area contributed by atoms with Crippen LogP contribution in [-0.2, 0) is 28.6 Å². The van der Waals surface area contributed by atoms with Gasteiger partial charge in [-0.15, -0.1) is 0 Å². The van der Waals surface area contributed by atoms with E-state index in [9.17, 15) is 14.4 Å². The maximum absolute atomic E-state index is 12.8. The summed E-state index contributed by atoms with van der Waals surface area (Å²) in [6, 6.07) is 0. The molecular weight excluding hydrogens is 817 g/mol. The van der Waals surface area contributed by atoms with Gasteiger partial charge in [-0.25, -0.2) is 0 Å². The smallest absolute Gasteiger partial charge is 0.306 e. The number of allylic oxidation sites excluding steroid dienone is 4. The van der Waals surface area contributed by atoms with Crippen molar-refractivity contribution in [3.8, 4) is 0 Å². The minimum Gasteiger partial charge on any atom is -0.462 e. The van der Waals surface area contributed by atoms with E-state index >= 15 is 0 Å². The predicted octanol–water partition coefficient (Wildman–Crippen LogP) is 19.5. The van der Waals surface area contributed by atoms with E-state index in [4.69, 9.17) is 14.2 Å². The van der Waals surface area contributed by atoms with Gasteiger partial charge in [-0.1, -0.05) is 276 Å². The molecule has 0 aliphatic rings. The first-order valence-corrected chi connectivity index (χ1v) is 29.3. The maximum atomic E-state index is 12.8. The summed E-state index contributed by atoms with van der Waals surface area (Å²) in [6.07, 6.45) is 64.9. The molecule has 0 rings (SSSR count). The molecule has 6 heteroatoms. The topological polar surface area (TPSA) is 78.9 Å². The molecule has 0 bridgehead atoms. The van der Waals surface area contributed by atoms with Crippen LogP contribution in [0.15, 0.2) is 24.3 Å². The fourth-order valence-electron chi connectivity index (χ4n) is 8.77. The number of esters is 3. The minimum atomic E-state index is -0.763. The summed E-state index contributed by atoms with van der Waals surface area (Å²) in [5, 5.41) is 0. The highest BCUT2D eigenvalue weighted by atomic mass is 16.6. The van der Waals surface area contributed by atoms with Crippen LogP contribution in [0.25, 0.3) is 0 Å². The molecule has 0 aliphatic carbocycles. The Bertz CT molecular complexity index is 1070. The molecule has 0 radical (unpaired) electrons. The molecule has 0 fully saturated rings. The van der Waals surface area contributed by atoms with Crippen molar-refractivity contribution in [3.05, 3.63) is 24.3 Å². The molecular formula is C60H112O6. The number of carbonyl (C=O) groups excluding carboxylic acids is 3. The fourth-order valence-corrected chi connectivity index (χ4v) is 8.77. The van der Waals surface area contributed by atoms with E-state index in [0.29, 0.717) is 19.3 Å². The van der Waals surface area contributed by atoms with Crippen molar-refractivity contribution in [1.82, 2.24) is 0 Å². The average molecular weight is 930 g/mol. The van der Waals surface area contributed by atoms with Gasteiger partial charge in [-0.2, -0.15) is 0 Å². The molecule has 6 nitrogen and oxygen atoms in total. The Hall–Kier alpha value is -2.11. The lowest BCUT2D eigenvalue weighted by molar-refractivity contribution is -0.167. The summed E-state index contributed by atoms with van der Waals surface area (Å²) in [4.78, 5) is 37.9. The molecule has 1 unspecified atom stereocenters. The summed E-state index contributed by atoms with van der Waals surface area (Å²) in [7, 11) is 0. The Morgan fingerprint density at radius 2 is 0.545 bits per heavy atom. The number of unbranched alkanes of at least 4 members (excludes halogenated alkanes) is 39. The molecule has 0 saturated carbocycles. The van der Waals surface area contributed by atoms with E-state index in [1.54, 1.807) is 0 Å². The SMILES string of the molecule is CCCCCCC/C=C\C/C=C\CCCCCCCCCCCCCCCCCC(=O)OCC(COC(=O)CCCCCCCCC)OC(=O)CCCCCCCCCCCCCCCC. The van der Waals surface area contributed by atoms with Crippen molar-refractivity contribution in [1.29, 1.82) is 0 Å². The van der Waals surface area contributed by atoms with Crippen molar-refractivity contribution >= 4 is 17.9 Å². The first kappa shape index (κ1) is 63.9. The largest absolute Gasteiger partial charge is 0.462 e. The van der Waals surface area contributed by atoms with Gasteiger partial charge in [0.2, 0.25) is 0 Å². The zero-order valence-electron chi connectivity index (χ0n) is 44.5. The standard InChI is InChI=1S/C60H112O6/c1-4-7-10-13-16-18-20-22-24-25-26-27-28-29-30-31-32-33-34-35-36-38-39-41-44-47-50-53-59(62)65-56-57(55-64-58(61)52-49-46-43-15-12-9-6-3)66-60(63)54-51-48-45-42-40-37-23-21-19-17-14-11-8-5-2/h20,22,25-26,57H,4-19,21,23-24,27-56H2,1-3H3/b22-20-,26-25-. The summed E-state index contributed by atoms with van der Waals surface area (Å²) >= 11 is 0. The van der Waals surface area contributed by atoms with Crippen molar-refractivity contribution in [2.24, 2.45) is 0 Å². The third-order valence-corrected chi connectivity index (χ3v) is 13.2. The van der Waals surface area contributed by atoms with Gasteiger partial charge < -0.3 is 14.2 Å². The Labute approximate surface area is 411 Å². The van der Waals surface area contributed by atoms with Gasteiger partial charge in [-0.3, -0.25) is 14.4 Å². The van der Waals surface area contributed by atoms with E-state index < -0.39 is 6.10 Å². The van der Waals surface area contributed by atoms with Crippen molar-refractivity contribution < 1.29 is 28.6 Å². The van der Waals surface area contributed by atoms with Crippen LogP contribution in [0.1, 0.15) is 323 Å². The van der Waals surface area contributed by atoms with E-state index in [1.165, 1.54) is 218 Å². The highest BCUT2D eigenvalue weighted by molar-refractivity contribution is 5.71. The second kappa shape index (κ2) is 55.5. The highest BCUT2D eigenvalue weighted by Gasteiger charge is 2.19. The number of hydrogen-bond acceptors (Lipinski definition) is 6. The van der Waals surface area contributed by atoms with Crippen LogP contribution < -0.4 is 0 Å². The lowest BCUT2D eigenvalue weighted by atomic mass is 10.0. The number of rotatable bonds is 54. The number of hydrogen-bond donors (Lipinski definition) is 0. The lowest BCUT2D eigenvalue weighted by Crippen LogP contribution is -2.30. The predicted molar refractivity (Wildman–Crippen MR) is 284 cm³/mol. The first-order valence-electron chi connectivity index (χ1n) is 29.3. The van der Waals surface area contributed by atoms with Crippen LogP contribution in [-0.4, -0.2) is 37.2 Å². The van der Waals surface area contributed by atoms with Gasteiger partial charge in [-0.05, 0) is 51.4 Å². The minimum absolute atomic E-state index is 0.0658. The van der Waals surface area contributed by atoms with Crippen LogP contribution in [0, 0.1) is 0 Å². The van der Waals surface area contributed by atoms with Crippen molar-refractivity contribution in [2.45, 2.75) is 329 Å². The molecule has 0 aromatic heterocycles. The van der Waals surface area contributed by atoms with E-state index in [1.807, 2.05) is 0 Å². The molecule has 0 aromatic carbocycles. The Morgan fingerprint density at radius 1 is 0.303 bits per heavy atom. The van der Waals surface area contributed by atoms with Gasteiger partial charge in [0.15, 0.2) is 6.10 Å². The molecule has 1 atom stereocenters. The zero-order valence-corrected chi connectivity index (χ0v) is 44.5. The van der Waals surface area contributed by atoms with Crippen molar-refractivity contribution in [2.75, 3.05) is 13.2 Å². The summed E-state index contributed by atoms with van der Waals surface area (Å²) < 4.78 is 16.8. The monoisotopic (exact) mass is 929 g/mol. The quantitative estimate of drug-likeness (QED) is 0.0262. The second-order valence-electron chi connectivity index (χ2n) is 19.9. The summed E-state index contributed by atoms with van der Waals surface area (Å²) in [5.74, 6) is -0.854. The summed E-state index contributed by atoms with van der Waals surface area (Å²) in [5.41, 5.74) is 0. The van der Waals surface area contributed by atoms with E-state index in [0.717, 1.165) is 64.2 Å². The third-order valence-electron chi connectivity index (χ3n) is 13.2. The Kier molecular flexibility index (Phi) is 53.7. The van der Waals surface area contributed by atoms with Gasteiger partial charge in [0.05, 0.1) is 0 Å². The molecule has 388 valence electrons. The molecule has 66 heavy (non-hydrogen) atoms. The second-order valence-corrected chi connectivity index (χ2v) is 19.9. The number of ether oxygens (including phenoxy) is 3. The highest BCUT2D eigenvalue weighted by Crippen LogP contribution is 2.17. The first-order chi connectivity index (χ1) is 32.5. The molecule has 0 saturated heterocycles. The molecule has 0 spiro atoms. The van der Waals surface area contributed by atoms with Crippen LogP contribution in [0.3, 0.4) is 0 Å². The fraction of sp³-hybridized carbons (Fsp3) is 0.883. The molecule has 0 N–H and O–H groups in total. The normalized spacial score (nSPS) is 12.1. The maximum Gasteiger partial charge on any atom is 0.306 e. The molecule has 0 amide bonds. The van der Waals surface area contributed by atoms with Crippen LogP contribution >= 0.6 is 0 Å². The van der Waals surface area contributed by atoms with Crippen LogP contribution in [0.5, 0.6) is 0 Å². The average Bonchev–Trinajstić information content (AvgIpc) is 3.31. The lowest BCUT2D eigenvalue weighted by Gasteiger charge is -2.18. The van der Waals surface area contributed by atoms with E-state index in [-0.39, 0.29) is 31.1 Å². The van der Waals surface area contributed by atoms with Gasteiger partial charge >= 0.3 is 17.9 Å². The Balaban J connectivity index is 4.05. The van der Waals surface area contributed by atoms with Crippen LogP contribution in [0.4, 0.5) is 0 Å². The van der Waals surface area contributed by atoms with Crippen LogP contribution in [0.2, 0.25) is 0 Å². The number of carbonyl (C=O) groups is 3. The van der Waals surface area contributed by atoms with E-state index in [2.05, 4.69) is 45.1 Å². The Morgan fingerprint density at radius 3 is 0.833 bits per heavy atom. The zero-order chi connectivity index (χ0) is 47.9. The third kappa shape index (κ3) is 52.9. The summed E-state index contributed by atoms with van der Waals surface area (Å²) in [6.45, 7) is 6.63. The van der Waals surface area contributed by atoms with Crippen molar-refractivity contribution in [3.63, 3.8) is 0 Å². The van der Waals surface area contributed by atoms with Gasteiger partial charge in [0.25, 0.3) is 0 Å². The molecule has 0 aromatic rings. The van der Waals surface area contributed by atoms with Gasteiger partial charge in [0, 0.05) is 19.3 Å².